The Hall–Kier alpha value is -2.98. The maximum atomic E-state index is 13.8. The van der Waals surface area contributed by atoms with Gasteiger partial charge in [0.05, 0.1) is 4.91 Å². The van der Waals surface area contributed by atoms with Gasteiger partial charge in [0, 0.05) is 42.6 Å². The Morgan fingerprint density at radius 1 is 1.10 bits per heavy atom. The van der Waals surface area contributed by atoms with Gasteiger partial charge in [-0.1, -0.05) is 18.2 Å². The van der Waals surface area contributed by atoms with Crippen LogP contribution in [0.25, 0.3) is 6.08 Å². The van der Waals surface area contributed by atoms with Crippen LogP contribution in [-0.4, -0.2) is 47.5 Å². The van der Waals surface area contributed by atoms with Gasteiger partial charge >= 0.3 is 0 Å². The van der Waals surface area contributed by atoms with Crippen LogP contribution >= 0.6 is 23.1 Å². The number of thiophene rings is 1. The fourth-order valence-electron chi connectivity index (χ4n) is 2.61. The third kappa shape index (κ3) is 5.55. The summed E-state index contributed by atoms with van der Waals surface area (Å²) < 4.78 is 13.8. The molecular weight excluding hydrogens is 429 g/mol. The van der Waals surface area contributed by atoms with Crippen molar-refractivity contribution in [2.75, 3.05) is 19.6 Å². The third-order valence-electron chi connectivity index (χ3n) is 4.14. The van der Waals surface area contributed by atoms with Crippen LogP contribution in [0.3, 0.4) is 0 Å². The molecule has 0 unspecified atom stereocenters. The van der Waals surface area contributed by atoms with Crippen LogP contribution in [0.4, 0.5) is 9.18 Å². The van der Waals surface area contributed by atoms with Crippen molar-refractivity contribution in [1.82, 2.24) is 15.5 Å². The predicted molar refractivity (Wildman–Crippen MR) is 113 cm³/mol. The standard InChI is InChI=1S/C20H18FN3O4S2/c21-15-4-2-1-3-13(15)11-16-19(27)24(20(28)30-16)9-8-22-17(25)5-7-23-18(26)14-6-10-29-12-14/h1-4,6,10-12H,5,7-9H2,(H,22,25)(H,23,26)/b16-11-. The van der Waals surface area contributed by atoms with Gasteiger partial charge in [-0.15, -0.1) is 0 Å². The second-order valence-electron chi connectivity index (χ2n) is 6.22. The largest absolute Gasteiger partial charge is 0.354 e. The van der Waals surface area contributed by atoms with Gasteiger partial charge in [-0.2, -0.15) is 11.3 Å². The summed E-state index contributed by atoms with van der Waals surface area (Å²) in [6.07, 6.45) is 1.42. The van der Waals surface area contributed by atoms with Crippen LogP contribution in [0.2, 0.25) is 0 Å². The van der Waals surface area contributed by atoms with Gasteiger partial charge in [-0.25, -0.2) is 4.39 Å². The van der Waals surface area contributed by atoms with Crippen molar-refractivity contribution in [2.24, 2.45) is 0 Å². The molecule has 0 bridgehead atoms. The van der Waals surface area contributed by atoms with E-state index in [4.69, 9.17) is 0 Å². The average Bonchev–Trinajstić information content (AvgIpc) is 3.34. The highest BCUT2D eigenvalue weighted by Crippen LogP contribution is 2.32. The number of nitrogens with zero attached hydrogens (tertiary/aromatic N) is 1. The molecule has 3 rings (SSSR count). The molecule has 1 aliphatic rings. The van der Waals surface area contributed by atoms with E-state index in [0.29, 0.717) is 5.56 Å². The zero-order valence-electron chi connectivity index (χ0n) is 15.7. The van der Waals surface area contributed by atoms with Crippen molar-refractivity contribution in [3.05, 3.63) is 62.9 Å². The SMILES string of the molecule is O=C(CCNC(=O)c1ccsc1)NCCN1C(=O)S/C(=C\c2ccccc2F)C1=O. The molecule has 1 aliphatic heterocycles. The summed E-state index contributed by atoms with van der Waals surface area (Å²) in [5, 5.41) is 8.28. The topological polar surface area (TPSA) is 95.6 Å². The Labute approximate surface area is 180 Å². The normalized spacial score (nSPS) is 15.0. The Morgan fingerprint density at radius 2 is 1.90 bits per heavy atom. The number of rotatable bonds is 8. The first-order chi connectivity index (χ1) is 14.5. The van der Waals surface area contributed by atoms with Crippen molar-refractivity contribution < 1.29 is 23.6 Å². The van der Waals surface area contributed by atoms with E-state index < -0.39 is 17.0 Å². The molecular formula is C20H18FN3O4S2. The lowest BCUT2D eigenvalue weighted by Crippen LogP contribution is -2.38. The Kier molecular flexibility index (Phi) is 7.36. The molecule has 2 aromatic rings. The van der Waals surface area contributed by atoms with Crippen molar-refractivity contribution in [3.63, 3.8) is 0 Å². The van der Waals surface area contributed by atoms with E-state index in [9.17, 15) is 23.6 Å². The molecule has 1 saturated heterocycles. The molecule has 2 heterocycles. The van der Waals surface area contributed by atoms with Crippen LogP contribution < -0.4 is 10.6 Å². The maximum absolute atomic E-state index is 13.8. The lowest BCUT2D eigenvalue weighted by molar-refractivity contribution is -0.124. The van der Waals surface area contributed by atoms with Crippen LogP contribution in [0.1, 0.15) is 22.3 Å². The number of nitrogens with one attached hydrogen (secondary N) is 2. The fraction of sp³-hybridized carbons (Fsp3) is 0.200. The molecule has 2 N–H and O–H groups in total. The molecule has 0 radical (unpaired) electrons. The van der Waals surface area contributed by atoms with Crippen LogP contribution in [0.15, 0.2) is 46.0 Å². The highest BCUT2D eigenvalue weighted by atomic mass is 32.2. The number of thioether (sulfide) groups is 1. The zero-order chi connectivity index (χ0) is 21.5. The van der Waals surface area contributed by atoms with E-state index in [1.807, 2.05) is 0 Å². The summed E-state index contributed by atoms with van der Waals surface area (Å²) in [6.45, 7) is 0.266. The minimum absolute atomic E-state index is 0.00623. The van der Waals surface area contributed by atoms with E-state index >= 15 is 0 Å². The summed E-state index contributed by atoms with van der Waals surface area (Å²) in [5.41, 5.74) is 0.768. The molecule has 4 amide bonds. The summed E-state index contributed by atoms with van der Waals surface area (Å²) in [7, 11) is 0. The number of halogens is 1. The number of benzene rings is 1. The third-order valence-corrected chi connectivity index (χ3v) is 5.73. The number of carbonyl (C=O) groups excluding carboxylic acids is 4. The molecule has 1 fully saturated rings. The predicted octanol–water partition coefficient (Wildman–Crippen LogP) is 2.86. The molecule has 1 aromatic carbocycles. The van der Waals surface area contributed by atoms with E-state index in [0.717, 1.165) is 16.7 Å². The smallest absolute Gasteiger partial charge is 0.293 e. The highest BCUT2D eigenvalue weighted by Gasteiger charge is 2.34. The van der Waals surface area contributed by atoms with Gasteiger partial charge in [0.1, 0.15) is 5.82 Å². The number of imide groups is 1. The van der Waals surface area contributed by atoms with Gasteiger partial charge in [-0.05, 0) is 35.4 Å². The average molecular weight is 448 g/mol. The lowest BCUT2D eigenvalue weighted by atomic mass is 10.2. The number of amides is 4. The van der Waals surface area contributed by atoms with Crippen molar-refractivity contribution >= 4 is 52.1 Å². The Balaban J connectivity index is 1.42. The van der Waals surface area contributed by atoms with Gasteiger partial charge in [-0.3, -0.25) is 24.1 Å². The van der Waals surface area contributed by atoms with Gasteiger partial charge in [0.15, 0.2) is 0 Å². The molecule has 0 spiro atoms. The van der Waals surface area contributed by atoms with Crippen molar-refractivity contribution in [2.45, 2.75) is 6.42 Å². The fourth-order valence-corrected chi connectivity index (χ4v) is 4.10. The van der Waals surface area contributed by atoms with Gasteiger partial charge in [0.2, 0.25) is 5.91 Å². The molecule has 7 nitrogen and oxygen atoms in total. The van der Waals surface area contributed by atoms with E-state index in [1.165, 1.54) is 35.6 Å². The van der Waals surface area contributed by atoms with Crippen LogP contribution in [-0.2, 0) is 9.59 Å². The first kappa shape index (κ1) is 21.7. The lowest BCUT2D eigenvalue weighted by Gasteiger charge is -2.13. The maximum Gasteiger partial charge on any atom is 0.293 e. The van der Waals surface area contributed by atoms with Crippen LogP contribution in [0.5, 0.6) is 0 Å². The highest BCUT2D eigenvalue weighted by molar-refractivity contribution is 8.18. The monoisotopic (exact) mass is 447 g/mol. The van der Waals surface area contributed by atoms with Crippen molar-refractivity contribution in [3.8, 4) is 0 Å². The van der Waals surface area contributed by atoms with Gasteiger partial charge in [0.25, 0.3) is 17.1 Å². The second-order valence-corrected chi connectivity index (χ2v) is 8.00. The first-order valence-electron chi connectivity index (χ1n) is 9.02. The molecule has 10 heteroatoms. The molecule has 0 saturated carbocycles. The summed E-state index contributed by atoms with van der Waals surface area (Å²) in [4.78, 5) is 49.3. The number of carbonyl (C=O) groups is 4. The molecule has 0 atom stereocenters. The molecule has 156 valence electrons. The number of hydrogen-bond acceptors (Lipinski definition) is 6. The minimum Gasteiger partial charge on any atom is -0.354 e. The molecule has 1 aromatic heterocycles. The Morgan fingerprint density at radius 3 is 2.63 bits per heavy atom. The Bertz CT molecular complexity index is 992. The minimum atomic E-state index is -0.523. The number of hydrogen-bond donors (Lipinski definition) is 2. The zero-order valence-corrected chi connectivity index (χ0v) is 17.4. The van der Waals surface area contributed by atoms with Crippen LogP contribution in [0, 0.1) is 5.82 Å². The van der Waals surface area contributed by atoms with Crippen molar-refractivity contribution in [1.29, 1.82) is 0 Å². The quantitative estimate of drug-likeness (QED) is 0.607. The summed E-state index contributed by atoms with van der Waals surface area (Å²) in [6, 6.07) is 7.65. The van der Waals surface area contributed by atoms with E-state index in [2.05, 4.69) is 10.6 Å². The summed E-state index contributed by atoms with van der Waals surface area (Å²) >= 11 is 2.14. The molecule has 0 aliphatic carbocycles. The second kappa shape index (κ2) is 10.2. The van der Waals surface area contributed by atoms with E-state index in [-0.39, 0.29) is 48.3 Å². The summed E-state index contributed by atoms with van der Waals surface area (Å²) in [5.74, 6) is -1.56. The first-order valence-corrected chi connectivity index (χ1v) is 10.8. The van der Waals surface area contributed by atoms with Gasteiger partial charge < -0.3 is 10.6 Å². The van der Waals surface area contributed by atoms with E-state index in [1.54, 1.807) is 22.9 Å². The molecule has 30 heavy (non-hydrogen) atoms.